The quantitative estimate of drug-likeness (QED) is 0.537. The Morgan fingerprint density at radius 2 is 1.68 bits per heavy atom. The molecule has 1 fully saturated rings. The molecule has 0 aliphatic heterocycles. The molecule has 2 atom stereocenters. The molecule has 28 heavy (non-hydrogen) atoms. The minimum atomic E-state index is -1.00. The third-order valence-electron chi connectivity index (χ3n) is 4.87. The Bertz CT molecular complexity index is 768. The predicted molar refractivity (Wildman–Crippen MR) is 103 cm³/mol. The average Bonchev–Trinajstić information content (AvgIpc) is 2.68. The number of hydrazine groups is 1. The number of carboxylic acids is 1. The lowest BCUT2D eigenvalue weighted by Gasteiger charge is -2.27. The highest BCUT2D eigenvalue weighted by Crippen LogP contribution is 2.30. The second kappa shape index (κ2) is 10.1. The number of nitrogens with one attached hydrogen (secondary N) is 3. The molecule has 1 aliphatic carbocycles. The van der Waals surface area contributed by atoms with Crippen molar-refractivity contribution in [1.29, 1.82) is 0 Å². The smallest absolute Gasteiger partial charge is 0.307 e. The van der Waals surface area contributed by atoms with Crippen molar-refractivity contribution >= 4 is 41.0 Å². The summed E-state index contributed by atoms with van der Waals surface area (Å²) >= 11 is 6.00. The molecule has 0 heterocycles. The summed E-state index contributed by atoms with van der Waals surface area (Å²) in [6.45, 7) is 1.77. The molecule has 0 spiro atoms. The molecule has 0 radical (unpaired) electrons. The first kappa shape index (κ1) is 21.7. The summed E-state index contributed by atoms with van der Waals surface area (Å²) in [5, 5.41) is 12.4. The van der Waals surface area contributed by atoms with Crippen LogP contribution in [-0.2, 0) is 19.2 Å². The number of anilines is 1. The van der Waals surface area contributed by atoms with E-state index in [0.717, 1.165) is 18.4 Å². The zero-order valence-electron chi connectivity index (χ0n) is 15.6. The van der Waals surface area contributed by atoms with Crippen LogP contribution in [0.3, 0.4) is 0 Å². The van der Waals surface area contributed by atoms with Gasteiger partial charge in [-0.25, -0.2) is 0 Å². The van der Waals surface area contributed by atoms with Crippen LogP contribution in [-0.4, -0.2) is 28.8 Å². The van der Waals surface area contributed by atoms with Crippen molar-refractivity contribution in [1.82, 2.24) is 10.9 Å². The first-order valence-corrected chi connectivity index (χ1v) is 9.54. The van der Waals surface area contributed by atoms with Crippen LogP contribution in [0.4, 0.5) is 5.69 Å². The van der Waals surface area contributed by atoms with Gasteiger partial charge in [0.05, 0.1) is 11.8 Å². The number of aliphatic carboxylic acids is 1. The Labute approximate surface area is 168 Å². The van der Waals surface area contributed by atoms with E-state index >= 15 is 0 Å². The van der Waals surface area contributed by atoms with Gasteiger partial charge >= 0.3 is 5.97 Å². The lowest BCUT2D eigenvalue weighted by atomic mass is 9.79. The third kappa shape index (κ3) is 5.95. The number of halogens is 1. The second-order valence-electron chi connectivity index (χ2n) is 6.83. The van der Waals surface area contributed by atoms with Crippen LogP contribution in [0.2, 0.25) is 5.02 Å². The van der Waals surface area contributed by atoms with Gasteiger partial charge in [-0.3, -0.25) is 30.0 Å². The number of carbonyl (C=O) groups is 4. The zero-order chi connectivity index (χ0) is 20.7. The van der Waals surface area contributed by atoms with Crippen molar-refractivity contribution < 1.29 is 24.3 Å². The summed E-state index contributed by atoms with van der Waals surface area (Å²) in [7, 11) is 0. The Balaban J connectivity index is 1.76. The molecule has 1 aliphatic rings. The van der Waals surface area contributed by atoms with E-state index in [9.17, 15) is 24.3 Å². The van der Waals surface area contributed by atoms with E-state index in [1.807, 2.05) is 0 Å². The van der Waals surface area contributed by atoms with E-state index in [2.05, 4.69) is 16.2 Å². The number of rotatable bonds is 6. The van der Waals surface area contributed by atoms with Crippen molar-refractivity contribution in [2.45, 2.75) is 45.4 Å². The van der Waals surface area contributed by atoms with Crippen molar-refractivity contribution in [3.8, 4) is 0 Å². The van der Waals surface area contributed by atoms with Crippen LogP contribution in [0.1, 0.15) is 44.1 Å². The van der Waals surface area contributed by atoms with Crippen LogP contribution in [0.15, 0.2) is 18.2 Å². The number of amides is 3. The fourth-order valence-corrected chi connectivity index (χ4v) is 3.38. The van der Waals surface area contributed by atoms with E-state index < -0.39 is 29.6 Å². The van der Waals surface area contributed by atoms with Crippen LogP contribution >= 0.6 is 11.6 Å². The first-order valence-electron chi connectivity index (χ1n) is 9.16. The molecule has 4 N–H and O–H groups in total. The van der Waals surface area contributed by atoms with Crippen LogP contribution in [0.25, 0.3) is 0 Å². The van der Waals surface area contributed by atoms with Gasteiger partial charge in [0.15, 0.2) is 0 Å². The molecular weight excluding hydrogens is 386 g/mol. The van der Waals surface area contributed by atoms with Gasteiger partial charge in [-0.2, -0.15) is 0 Å². The number of hydrogen-bond acceptors (Lipinski definition) is 4. The summed E-state index contributed by atoms with van der Waals surface area (Å²) in [6, 6.07) is 5.13. The maximum Gasteiger partial charge on any atom is 0.307 e. The molecule has 1 aromatic carbocycles. The van der Waals surface area contributed by atoms with Crippen LogP contribution < -0.4 is 16.2 Å². The van der Waals surface area contributed by atoms with E-state index in [0.29, 0.717) is 23.6 Å². The van der Waals surface area contributed by atoms with Gasteiger partial charge in [0, 0.05) is 23.6 Å². The van der Waals surface area contributed by atoms with Gasteiger partial charge < -0.3 is 10.4 Å². The summed E-state index contributed by atoms with van der Waals surface area (Å²) in [6.07, 6.45) is 2.27. The van der Waals surface area contributed by atoms with E-state index in [4.69, 9.17) is 11.6 Å². The first-order chi connectivity index (χ1) is 13.3. The number of carbonyl (C=O) groups excluding carboxylic acids is 3. The number of carboxylic acid groups (broad SMARTS) is 1. The third-order valence-corrected chi connectivity index (χ3v) is 5.28. The van der Waals surface area contributed by atoms with Crippen molar-refractivity contribution in [3.05, 3.63) is 28.8 Å². The number of benzene rings is 1. The van der Waals surface area contributed by atoms with Gasteiger partial charge in [0.1, 0.15) is 0 Å². The molecule has 152 valence electrons. The molecule has 1 unspecified atom stereocenters. The van der Waals surface area contributed by atoms with Gasteiger partial charge in [-0.1, -0.05) is 30.5 Å². The fourth-order valence-electron chi connectivity index (χ4n) is 3.21. The lowest BCUT2D eigenvalue weighted by Crippen LogP contribution is -2.48. The SMILES string of the molecule is Cc1c(Cl)cccc1NC(=O)CCC(=O)NNC(=O)C1CCCC[C@@H]1C(=O)O. The molecule has 2 rings (SSSR count). The molecule has 1 saturated carbocycles. The summed E-state index contributed by atoms with van der Waals surface area (Å²) in [5.74, 6) is -3.81. The van der Waals surface area contributed by atoms with Crippen molar-refractivity contribution in [2.24, 2.45) is 11.8 Å². The summed E-state index contributed by atoms with van der Waals surface area (Å²) in [5.41, 5.74) is 5.83. The van der Waals surface area contributed by atoms with Gasteiger partial charge in [-0.05, 0) is 37.5 Å². The largest absolute Gasteiger partial charge is 0.481 e. The van der Waals surface area contributed by atoms with Crippen LogP contribution in [0.5, 0.6) is 0 Å². The Morgan fingerprint density at radius 3 is 2.36 bits per heavy atom. The topological polar surface area (TPSA) is 125 Å². The molecule has 0 bridgehead atoms. The van der Waals surface area contributed by atoms with Crippen molar-refractivity contribution in [2.75, 3.05) is 5.32 Å². The van der Waals surface area contributed by atoms with Gasteiger partial charge in [0.25, 0.3) is 0 Å². The fraction of sp³-hybridized carbons (Fsp3) is 0.474. The molecule has 8 nitrogen and oxygen atoms in total. The number of hydrogen-bond donors (Lipinski definition) is 4. The Kier molecular flexibility index (Phi) is 7.80. The molecule has 9 heteroatoms. The minimum absolute atomic E-state index is 0.0746. The highest BCUT2D eigenvalue weighted by atomic mass is 35.5. The van der Waals surface area contributed by atoms with Crippen LogP contribution in [0, 0.1) is 18.8 Å². The molecule has 3 amide bonds. The Morgan fingerprint density at radius 1 is 1.04 bits per heavy atom. The highest BCUT2D eigenvalue weighted by molar-refractivity contribution is 6.31. The second-order valence-corrected chi connectivity index (χ2v) is 7.24. The van der Waals surface area contributed by atoms with E-state index in [1.165, 1.54) is 0 Å². The Hall–Kier alpha value is -2.61. The maximum absolute atomic E-state index is 12.2. The highest BCUT2D eigenvalue weighted by Gasteiger charge is 2.35. The van der Waals surface area contributed by atoms with E-state index in [1.54, 1.807) is 25.1 Å². The maximum atomic E-state index is 12.2. The van der Waals surface area contributed by atoms with Gasteiger partial charge in [0.2, 0.25) is 17.7 Å². The molecular formula is C19H24ClN3O5. The molecule has 1 aromatic rings. The van der Waals surface area contributed by atoms with E-state index in [-0.39, 0.29) is 18.7 Å². The molecule has 0 saturated heterocycles. The lowest BCUT2D eigenvalue weighted by molar-refractivity contribution is -0.149. The summed E-state index contributed by atoms with van der Waals surface area (Å²) in [4.78, 5) is 47.3. The predicted octanol–water partition coefficient (Wildman–Crippen LogP) is 2.41. The molecule has 0 aromatic heterocycles. The monoisotopic (exact) mass is 409 g/mol. The summed E-state index contributed by atoms with van der Waals surface area (Å²) < 4.78 is 0. The van der Waals surface area contributed by atoms with Gasteiger partial charge in [-0.15, -0.1) is 0 Å². The van der Waals surface area contributed by atoms with Crippen molar-refractivity contribution in [3.63, 3.8) is 0 Å². The normalized spacial score (nSPS) is 18.8. The zero-order valence-corrected chi connectivity index (χ0v) is 16.3. The minimum Gasteiger partial charge on any atom is -0.481 e. The standard InChI is InChI=1S/C19H24ClN3O5/c1-11-14(20)7-4-8-15(11)21-16(24)9-10-17(25)22-23-18(26)12-5-2-3-6-13(12)19(27)28/h4,7-8,12-13H,2-3,5-6,9-10H2,1H3,(H,21,24)(H,22,25)(H,23,26)(H,27,28)/t12?,13-/m0/s1. The average molecular weight is 410 g/mol.